The van der Waals surface area contributed by atoms with Crippen molar-refractivity contribution in [1.29, 1.82) is 0 Å². The van der Waals surface area contributed by atoms with Crippen LogP contribution in [0.3, 0.4) is 0 Å². The van der Waals surface area contributed by atoms with E-state index in [4.69, 9.17) is 0 Å². The Kier molecular flexibility index (Phi) is 4.31. The van der Waals surface area contributed by atoms with Crippen molar-refractivity contribution in [2.75, 3.05) is 25.0 Å². The Morgan fingerprint density at radius 2 is 1.92 bits per heavy atom. The molecular weight excluding hydrogens is 330 g/mol. The predicted molar refractivity (Wildman–Crippen MR) is 88.6 cm³/mol. The average molecular weight is 347 g/mol. The Labute approximate surface area is 143 Å². The van der Waals surface area contributed by atoms with Crippen LogP contribution in [-0.2, 0) is 14.4 Å². The zero-order valence-corrected chi connectivity index (χ0v) is 14.2. The summed E-state index contributed by atoms with van der Waals surface area (Å²) in [7, 11) is 1.23. The molecule has 0 aliphatic carbocycles. The van der Waals surface area contributed by atoms with E-state index in [9.17, 15) is 19.2 Å². The smallest absolute Gasteiger partial charge is 0.310 e. The number of imide groups is 2. The van der Waals surface area contributed by atoms with Crippen molar-refractivity contribution in [3.63, 3.8) is 0 Å². The predicted octanol–water partition coefficient (Wildman–Crippen LogP) is 1.32. The van der Waals surface area contributed by atoms with Crippen molar-refractivity contribution < 1.29 is 19.2 Å². The standard InChI is InChI=1S/C16H17N3O4S/c1-10-7-8-18(11-5-3-4-6-12(11)24-10)13(20)9-19-15(22)14(21)17(2)16(19)23/h3-6,10H,7-9H2,1-2H3/t10-/m0/s1. The number of nitrogens with zero attached hydrogens (tertiary/aromatic N) is 3. The topological polar surface area (TPSA) is 78.0 Å². The Hall–Kier alpha value is -2.35. The van der Waals surface area contributed by atoms with Crippen LogP contribution in [0.4, 0.5) is 10.5 Å². The van der Waals surface area contributed by atoms with Gasteiger partial charge in [0.25, 0.3) is 0 Å². The maximum Gasteiger partial charge on any atom is 0.334 e. The lowest BCUT2D eigenvalue weighted by Gasteiger charge is -2.24. The van der Waals surface area contributed by atoms with E-state index in [0.717, 1.165) is 21.9 Å². The first kappa shape index (κ1) is 16.5. The van der Waals surface area contributed by atoms with Gasteiger partial charge in [0.15, 0.2) is 0 Å². The molecule has 2 heterocycles. The zero-order valence-electron chi connectivity index (χ0n) is 13.4. The number of carbonyl (C=O) groups excluding carboxylic acids is 4. The number of carbonyl (C=O) groups is 4. The summed E-state index contributed by atoms with van der Waals surface area (Å²) >= 11 is 1.69. The first-order valence-electron chi connectivity index (χ1n) is 7.59. The summed E-state index contributed by atoms with van der Waals surface area (Å²) in [5.41, 5.74) is 0.774. The molecule has 2 aliphatic rings. The van der Waals surface area contributed by atoms with Gasteiger partial charge in [0, 0.05) is 23.7 Å². The summed E-state index contributed by atoms with van der Waals surface area (Å²) in [6.07, 6.45) is 0.797. The van der Waals surface area contributed by atoms with E-state index in [1.807, 2.05) is 24.3 Å². The quantitative estimate of drug-likeness (QED) is 0.596. The minimum Gasteiger partial charge on any atom is -0.310 e. The molecule has 3 rings (SSSR count). The number of anilines is 1. The normalized spacial score (nSPS) is 21.2. The van der Waals surface area contributed by atoms with Crippen molar-refractivity contribution in [3.05, 3.63) is 24.3 Å². The molecule has 0 aromatic heterocycles. The van der Waals surface area contributed by atoms with Gasteiger partial charge in [-0.1, -0.05) is 19.1 Å². The highest BCUT2D eigenvalue weighted by Gasteiger charge is 2.43. The average Bonchev–Trinajstić information content (AvgIpc) is 2.72. The molecule has 1 atom stereocenters. The highest BCUT2D eigenvalue weighted by Crippen LogP contribution is 2.37. The molecule has 5 amide bonds. The van der Waals surface area contributed by atoms with Gasteiger partial charge in [-0.25, -0.2) is 9.69 Å². The first-order valence-corrected chi connectivity index (χ1v) is 8.47. The number of fused-ring (bicyclic) bond motifs is 1. The van der Waals surface area contributed by atoms with Gasteiger partial charge in [0.05, 0.1) is 5.69 Å². The van der Waals surface area contributed by atoms with Crippen LogP contribution >= 0.6 is 11.8 Å². The van der Waals surface area contributed by atoms with Gasteiger partial charge in [0.1, 0.15) is 6.54 Å². The molecule has 0 unspecified atom stereocenters. The van der Waals surface area contributed by atoms with Gasteiger partial charge < -0.3 is 4.90 Å². The Morgan fingerprint density at radius 1 is 1.21 bits per heavy atom. The second-order valence-corrected chi connectivity index (χ2v) is 7.25. The number of benzene rings is 1. The van der Waals surface area contributed by atoms with Crippen molar-refractivity contribution in [3.8, 4) is 0 Å². The van der Waals surface area contributed by atoms with Gasteiger partial charge >= 0.3 is 17.8 Å². The molecule has 7 nitrogen and oxygen atoms in total. The zero-order chi connectivity index (χ0) is 17.4. The number of hydrogen-bond acceptors (Lipinski definition) is 5. The van der Waals surface area contributed by atoms with Crippen LogP contribution in [0.15, 0.2) is 29.2 Å². The monoisotopic (exact) mass is 347 g/mol. The number of urea groups is 1. The van der Waals surface area contributed by atoms with Gasteiger partial charge in [-0.15, -0.1) is 11.8 Å². The molecule has 0 radical (unpaired) electrons. The lowest BCUT2D eigenvalue weighted by molar-refractivity contribution is -0.143. The van der Waals surface area contributed by atoms with E-state index in [1.165, 1.54) is 7.05 Å². The molecule has 1 fully saturated rings. The number of hydrogen-bond donors (Lipinski definition) is 0. The maximum absolute atomic E-state index is 12.7. The van der Waals surface area contributed by atoms with Crippen molar-refractivity contribution in [1.82, 2.24) is 9.80 Å². The summed E-state index contributed by atoms with van der Waals surface area (Å²) < 4.78 is 0. The van der Waals surface area contributed by atoms with Crippen LogP contribution < -0.4 is 4.90 Å². The minimum atomic E-state index is -0.957. The lowest BCUT2D eigenvalue weighted by atomic mass is 10.2. The molecule has 1 aromatic rings. The molecule has 0 bridgehead atoms. The lowest BCUT2D eigenvalue weighted by Crippen LogP contribution is -2.44. The maximum atomic E-state index is 12.7. The molecule has 0 spiro atoms. The summed E-state index contributed by atoms with van der Waals surface area (Å²) in [4.78, 5) is 52.1. The molecule has 126 valence electrons. The fraction of sp³-hybridized carbons (Fsp3) is 0.375. The van der Waals surface area contributed by atoms with Crippen LogP contribution in [0.1, 0.15) is 13.3 Å². The Morgan fingerprint density at radius 3 is 2.58 bits per heavy atom. The minimum absolute atomic E-state index is 0.353. The molecular formula is C16H17N3O4S. The van der Waals surface area contributed by atoms with Gasteiger partial charge in [0.2, 0.25) is 5.91 Å². The summed E-state index contributed by atoms with van der Waals surface area (Å²) in [6.45, 7) is 2.17. The van der Waals surface area contributed by atoms with E-state index in [2.05, 4.69) is 6.92 Å². The van der Waals surface area contributed by atoms with Crippen LogP contribution in [-0.4, -0.2) is 58.9 Å². The van der Waals surface area contributed by atoms with E-state index < -0.39 is 24.4 Å². The van der Waals surface area contributed by atoms with E-state index >= 15 is 0 Å². The highest BCUT2D eigenvalue weighted by atomic mass is 32.2. The number of para-hydroxylation sites is 1. The van der Waals surface area contributed by atoms with Crippen molar-refractivity contribution in [2.24, 2.45) is 0 Å². The molecule has 2 aliphatic heterocycles. The van der Waals surface area contributed by atoms with Crippen molar-refractivity contribution in [2.45, 2.75) is 23.5 Å². The van der Waals surface area contributed by atoms with Gasteiger partial charge in [-0.05, 0) is 18.6 Å². The largest absolute Gasteiger partial charge is 0.334 e. The number of amides is 5. The Balaban J connectivity index is 1.84. The number of rotatable bonds is 2. The molecule has 0 N–H and O–H groups in total. The summed E-state index contributed by atoms with van der Waals surface area (Å²) in [5, 5.41) is 0.353. The molecule has 8 heteroatoms. The fourth-order valence-corrected chi connectivity index (χ4v) is 3.83. The number of thioether (sulfide) groups is 1. The highest BCUT2D eigenvalue weighted by molar-refractivity contribution is 8.00. The van der Waals surface area contributed by atoms with E-state index in [0.29, 0.717) is 16.7 Å². The fourth-order valence-electron chi connectivity index (χ4n) is 2.72. The molecule has 24 heavy (non-hydrogen) atoms. The molecule has 1 aromatic carbocycles. The first-order chi connectivity index (χ1) is 11.4. The SMILES string of the molecule is C[C@H]1CCN(C(=O)CN2C(=O)C(=O)N(C)C2=O)c2ccccc2S1. The van der Waals surface area contributed by atoms with Crippen LogP contribution in [0, 0.1) is 0 Å². The molecule has 1 saturated heterocycles. The van der Waals surface area contributed by atoms with Gasteiger partial charge in [-0.2, -0.15) is 0 Å². The Bertz CT molecular complexity index is 736. The van der Waals surface area contributed by atoms with Crippen LogP contribution in [0.25, 0.3) is 0 Å². The summed E-state index contributed by atoms with van der Waals surface area (Å²) in [5.74, 6) is -2.24. The van der Waals surface area contributed by atoms with E-state index in [1.54, 1.807) is 16.7 Å². The van der Waals surface area contributed by atoms with Gasteiger partial charge in [-0.3, -0.25) is 19.3 Å². The van der Waals surface area contributed by atoms with Crippen LogP contribution in [0.2, 0.25) is 0 Å². The van der Waals surface area contributed by atoms with Crippen molar-refractivity contribution >= 4 is 41.2 Å². The second kappa shape index (κ2) is 6.27. The third-order valence-electron chi connectivity index (χ3n) is 4.09. The summed E-state index contributed by atoms with van der Waals surface area (Å²) in [6, 6.07) is 6.80. The molecule has 0 saturated carbocycles. The second-order valence-electron chi connectivity index (χ2n) is 5.77. The third kappa shape index (κ3) is 2.77. The van der Waals surface area contributed by atoms with E-state index in [-0.39, 0.29) is 5.91 Å². The number of likely N-dealkylation sites (N-methyl/N-ethyl adjacent to an activating group) is 1. The van der Waals surface area contributed by atoms with Crippen LogP contribution in [0.5, 0.6) is 0 Å². The third-order valence-corrected chi connectivity index (χ3v) is 5.33.